The van der Waals surface area contributed by atoms with Gasteiger partial charge in [0.05, 0.1) is 31.4 Å². The normalized spacial score (nSPS) is 11.3. The maximum atomic E-state index is 13.0. The second-order valence-corrected chi connectivity index (χ2v) is 8.05. The van der Waals surface area contributed by atoms with Gasteiger partial charge >= 0.3 is 5.97 Å². The predicted molar refractivity (Wildman–Crippen MR) is 101 cm³/mol. The van der Waals surface area contributed by atoms with E-state index in [0.29, 0.717) is 27.2 Å². The molecule has 5 nitrogen and oxygen atoms in total. The molecule has 27 heavy (non-hydrogen) atoms. The average Bonchev–Trinajstić information content (AvgIpc) is 3.13. The molecule has 10 heteroatoms. The Morgan fingerprint density at radius 1 is 1.37 bits per heavy atom. The van der Waals surface area contributed by atoms with E-state index in [1.54, 1.807) is 6.92 Å². The number of hydrogen-bond acceptors (Lipinski definition) is 6. The molecule has 0 amide bonds. The summed E-state index contributed by atoms with van der Waals surface area (Å²) in [6.45, 7) is 2.76. The first-order valence-electron chi connectivity index (χ1n) is 7.49. The Hall–Kier alpha value is -2.10. The molecule has 3 rings (SSSR count). The minimum Gasteiger partial charge on any atom is -0.506 e. The quantitative estimate of drug-likeness (QED) is 0.448. The number of esters is 1. The molecule has 2 heterocycles. The fourth-order valence-corrected chi connectivity index (χ4v) is 4.47. The van der Waals surface area contributed by atoms with Crippen LogP contribution in [0.15, 0.2) is 27.8 Å². The van der Waals surface area contributed by atoms with Gasteiger partial charge in [-0.2, -0.15) is 8.78 Å². The van der Waals surface area contributed by atoms with Gasteiger partial charge in [-0.3, -0.25) is 14.2 Å². The van der Waals surface area contributed by atoms with Gasteiger partial charge in [-0.15, -0.1) is 11.3 Å². The van der Waals surface area contributed by atoms with Crippen LogP contribution in [0.1, 0.15) is 23.0 Å². The highest BCUT2D eigenvalue weighted by molar-refractivity contribution is 8.01. The smallest absolute Gasteiger partial charge is 0.308 e. The number of carbonyl (C=O) groups excluding carboxylic acids is 2. The van der Waals surface area contributed by atoms with Gasteiger partial charge in [-0.1, -0.05) is 11.6 Å². The highest BCUT2D eigenvalue weighted by Gasteiger charge is 2.25. The van der Waals surface area contributed by atoms with Gasteiger partial charge in [0.2, 0.25) is 0 Å². The number of thioether (sulfide) groups is 1. The zero-order valence-electron chi connectivity index (χ0n) is 14.0. The first-order valence-corrected chi connectivity index (χ1v) is 9.63. The number of aromatic hydroxyl groups is 1. The van der Waals surface area contributed by atoms with Crippen molar-refractivity contribution in [2.75, 3.05) is 0 Å². The van der Waals surface area contributed by atoms with E-state index in [2.05, 4.69) is 0 Å². The number of hydrogen-bond donors (Lipinski definition) is 1. The summed E-state index contributed by atoms with van der Waals surface area (Å²) in [7, 11) is 0. The third-order valence-electron chi connectivity index (χ3n) is 3.71. The van der Waals surface area contributed by atoms with Crippen LogP contribution < -0.4 is 4.74 Å². The molecule has 0 aliphatic rings. The third-order valence-corrected chi connectivity index (χ3v) is 5.92. The molecule has 0 saturated heterocycles. The topological polar surface area (TPSA) is 68.5 Å². The molecule has 0 aliphatic heterocycles. The molecule has 0 unspecified atom stereocenters. The molecule has 0 radical (unpaired) electrons. The van der Waals surface area contributed by atoms with E-state index in [0.717, 1.165) is 11.3 Å². The van der Waals surface area contributed by atoms with Crippen LogP contribution in [0.3, 0.4) is 0 Å². The van der Waals surface area contributed by atoms with Crippen molar-refractivity contribution in [3.63, 3.8) is 0 Å². The summed E-state index contributed by atoms with van der Waals surface area (Å²) in [5.74, 6) is -3.86. The minimum atomic E-state index is -2.59. The van der Waals surface area contributed by atoms with Crippen LogP contribution >= 0.6 is 34.7 Å². The predicted octanol–water partition coefficient (Wildman–Crippen LogP) is 5.30. The second-order valence-electron chi connectivity index (χ2n) is 5.47. The van der Waals surface area contributed by atoms with Crippen molar-refractivity contribution in [3.05, 3.63) is 39.9 Å². The fourth-order valence-electron chi connectivity index (χ4n) is 2.66. The van der Waals surface area contributed by atoms with Crippen LogP contribution in [0.25, 0.3) is 10.9 Å². The van der Waals surface area contributed by atoms with Crippen molar-refractivity contribution >= 4 is 57.5 Å². The molecule has 2 aromatic heterocycles. The van der Waals surface area contributed by atoms with E-state index < -0.39 is 17.6 Å². The number of rotatable bonds is 4. The van der Waals surface area contributed by atoms with Crippen LogP contribution in [-0.4, -0.2) is 27.3 Å². The van der Waals surface area contributed by atoms with Crippen LogP contribution in [0.2, 0.25) is 5.02 Å². The molecule has 3 aromatic rings. The average molecular weight is 432 g/mol. The number of benzene rings is 1. The molecule has 0 atom stereocenters. The number of halogens is 3. The first-order chi connectivity index (χ1) is 12.7. The van der Waals surface area contributed by atoms with E-state index in [-0.39, 0.29) is 27.5 Å². The summed E-state index contributed by atoms with van der Waals surface area (Å²) >= 11 is 7.55. The lowest BCUT2D eigenvalue weighted by Crippen LogP contribution is -2.13. The molecular formula is C17H12ClF2NO4S2. The summed E-state index contributed by atoms with van der Waals surface area (Å²) in [6.07, 6.45) is 0. The fraction of sp³-hybridized carbons (Fsp3) is 0.176. The zero-order chi connectivity index (χ0) is 19.9. The number of ether oxygens (including phenoxy) is 1. The minimum absolute atomic E-state index is 0.0577. The number of alkyl halides is 2. The summed E-state index contributed by atoms with van der Waals surface area (Å²) in [4.78, 5) is 24.5. The zero-order valence-corrected chi connectivity index (χ0v) is 16.3. The Labute approximate surface area is 165 Å². The van der Waals surface area contributed by atoms with E-state index >= 15 is 0 Å². The van der Waals surface area contributed by atoms with Crippen LogP contribution in [-0.2, 0) is 4.79 Å². The largest absolute Gasteiger partial charge is 0.506 e. The van der Waals surface area contributed by atoms with E-state index in [1.807, 2.05) is 0 Å². The molecule has 1 N–H and O–H groups in total. The first kappa shape index (κ1) is 19.7. The van der Waals surface area contributed by atoms with Crippen molar-refractivity contribution in [1.82, 2.24) is 4.57 Å². The van der Waals surface area contributed by atoms with Crippen molar-refractivity contribution in [1.29, 1.82) is 0 Å². The van der Waals surface area contributed by atoms with Crippen molar-refractivity contribution in [2.24, 2.45) is 0 Å². The molecule has 1 aromatic carbocycles. The number of aromatic nitrogens is 1. The standard InChI is InChI=1S/C17H12ClF2NO4S2/c1-7-15(25-8(2)22)13-10(3-4-11(23)14(13)18)21(7)16(24)9-5-12(26-6-9)27-17(19)20/h3-6,17,23H,1-2H3. The maximum Gasteiger partial charge on any atom is 0.308 e. The Morgan fingerprint density at radius 2 is 2.07 bits per heavy atom. The number of nitrogens with zero attached hydrogens (tertiary/aromatic N) is 1. The van der Waals surface area contributed by atoms with E-state index in [9.17, 15) is 23.5 Å². The molecule has 0 bridgehead atoms. The Bertz CT molecular complexity index is 1060. The lowest BCUT2D eigenvalue weighted by Gasteiger charge is -2.06. The molecular weight excluding hydrogens is 420 g/mol. The van der Waals surface area contributed by atoms with Crippen LogP contribution in [0.4, 0.5) is 8.78 Å². The number of carbonyl (C=O) groups is 2. The highest BCUT2D eigenvalue weighted by atomic mass is 35.5. The Balaban J connectivity index is 2.18. The van der Waals surface area contributed by atoms with Crippen molar-refractivity contribution in [2.45, 2.75) is 23.8 Å². The Morgan fingerprint density at radius 3 is 2.70 bits per heavy atom. The summed E-state index contributed by atoms with van der Waals surface area (Å²) < 4.78 is 31.8. The number of phenolic OH excluding ortho intramolecular Hbond substituents is 1. The van der Waals surface area contributed by atoms with Gasteiger partial charge in [-0.25, -0.2) is 0 Å². The highest BCUT2D eigenvalue weighted by Crippen LogP contribution is 2.42. The molecule has 0 fully saturated rings. The van der Waals surface area contributed by atoms with Gasteiger partial charge in [0.15, 0.2) is 5.75 Å². The molecule has 0 saturated carbocycles. The van der Waals surface area contributed by atoms with Crippen LogP contribution in [0.5, 0.6) is 11.5 Å². The van der Waals surface area contributed by atoms with E-state index in [1.165, 1.54) is 35.1 Å². The van der Waals surface area contributed by atoms with Gasteiger partial charge in [0.1, 0.15) is 5.75 Å². The summed E-state index contributed by atoms with van der Waals surface area (Å²) in [5, 5.41) is 11.5. The molecule has 142 valence electrons. The molecule has 0 spiro atoms. The van der Waals surface area contributed by atoms with E-state index in [4.69, 9.17) is 16.3 Å². The SMILES string of the molecule is CC(=O)Oc1c(C)n(C(=O)c2csc(SC(F)F)c2)c2ccc(O)c(Cl)c12. The van der Waals surface area contributed by atoms with Crippen molar-refractivity contribution in [3.8, 4) is 11.5 Å². The van der Waals surface area contributed by atoms with Crippen LogP contribution in [0, 0.1) is 6.92 Å². The number of fused-ring (bicyclic) bond motifs is 1. The molecule has 0 aliphatic carbocycles. The maximum absolute atomic E-state index is 13.0. The third kappa shape index (κ3) is 3.67. The summed E-state index contributed by atoms with van der Waals surface area (Å²) in [6, 6.07) is 4.16. The number of thiophene rings is 1. The lowest BCUT2D eigenvalue weighted by atomic mass is 10.2. The monoisotopic (exact) mass is 431 g/mol. The van der Waals surface area contributed by atoms with Gasteiger partial charge in [0.25, 0.3) is 11.7 Å². The summed E-state index contributed by atoms with van der Waals surface area (Å²) in [5.41, 5.74) is 0.833. The number of phenols is 1. The Kier molecular flexibility index (Phi) is 5.45. The van der Waals surface area contributed by atoms with Crippen molar-refractivity contribution < 1.29 is 28.2 Å². The van der Waals surface area contributed by atoms with Gasteiger partial charge in [-0.05, 0) is 36.9 Å². The van der Waals surface area contributed by atoms with Gasteiger partial charge < -0.3 is 9.84 Å². The lowest BCUT2D eigenvalue weighted by molar-refractivity contribution is -0.131. The van der Waals surface area contributed by atoms with Gasteiger partial charge in [0, 0.05) is 12.3 Å². The second kappa shape index (κ2) is 7.49.